The summed E-state index contributed by atoms with van der Waals surface area (Å²) >= 11 is 0. The largest absolute Gasteiger partial charge is 0.317 e. The minimum Gasteiger partial charge on any atom is -0.317 e. The predicted octanol–water partition coefficient (Wildman–Crippen LogP) is 2.42. The van der Waals surface area contributed by atoms with Crippen molar-refractivity contribution < 1.29 is 8.78 Å². The van der Waals surface area contributed by atoms with E-state index in [0.717, 1.165) is 31.5 Å². The number of rotatable bonds is 2. The average Bonchev–Trinajstić information content (AvgIpc) is 2.30. The van der Waals surface area contributed by atoms with Crippen LogP contribution in [0.15, 0.2) is 24.3 Å². The molecule has 0 spiro atoms. The summed E-state index contributed by atoms with van der Waals surface area (Å²) < 4.78 is 26.3. The summed E-state index contributed by atoms with van der Waals surface area (Å²) in [5, 5.41) is 3.20. The number of hydrogen-bond acceptors (Lipinski definition) is 1. The van der Waals surface area contributed by atoms with Crippen molar-refractivity contribution in [3.8, 4) is 0 Å². The second-order valence-electron chi connectivity index (χ2n) is 4.17. The van der Waals surface area contributed by atoms with Gasteiger partial charge in [0, 0.05) is 5.41 Å². The van der Waals surface area contributed by atoms with Gasteiger partial charge in [0.1, 0.15) is 5.82 Å². The molecule has 0 atom stereocenters. The highest BCUT2D eigenvalue weighted by Crippen LogP contribution is 2.34. The molecule has 1 saturated heterocycles. The van der Waals surface area contributed by atoms with Crippen LogP contribution in [0.1, 0.15) is 18.4 Å². The first-order valence-electron chi connectivity index (χ1n) is 5.30. The SMILES string of the molecule is FCC1(c2cccc(F)c2)CCNCC1. The van der Waals surface area contributed by atoms with Gasteiger partial charge < -0.3 is 5.32 Å². The lowest BCUT2D eigenvalue weighted by atomic mass is 9.74. The first-order chi connectivity index (χ1) is 7.27. The molecule has 0 amide bonds. The first-order valence-corrected chi connectivity index (χ1v) is 5.30. The first kappa shape index (κ1) is 10.6. The van der Waals surface area contributed by atoms with E-state index in [0.29, 0.717) is 0 Å². The number of nitrogens with one attached hydrogen (secondary N) is 1. The third-order valence-electron chi connectivity index (χ3n) is 3.25. The van der Waals surface area contributed by atoms with Gasteiger partial charge in [0.25, 0.3) is 0 Å². The Labute approximate surface area is 88.5 Å². The number of piperidine rings is 1. The van der Waals surface area contributed by atoms with Crippen LogP contribution in [0.4, 0.5) is 8.78 Å². The Balaban J connectivity index is 2.32. The molecule has 3 heteroatoms. The Morgan fingerprint density at radius 2 is 2.00 bits per heavy atom. The molecule has 1 N–H and O–H groups in total. The second kappa shape index (κ2) is 4.27. The molecule has 1 aliphatic rings. The minimum atomic E-state index is -0.465. The summed E-state index contributed by atoms with van der Waals surface area (Å²) in [5.41, 5.74) is 0.333. The van der Waals surface area contributed by atoms with E-state index in [4.69, 9.17) is 0 Å². The lowest BCUT2D eigenvalue weighted by Crippen LogP contribution is -2.41. The van der Waals surface area contributed by atoms with Crippen LogP contribution >= 0.6 is 0 Å². The molecule has 0 aromatic heterocycles. The van der Waals surface area contributed by atoms with E-state index < -0.39 is 12.1 Å². The lowest BCUT2D eigenvalue weighted by Gasteiger charge is -2.35. The van der Waals surface area contributed by atoms with Crippen LogP contribution in [-0.2, 0) is 5.41 Å². The zero-order valence-corrected chi connectivity index (χ0v) is 8.60. The number of benzene rings is 1. The Bertz CT molecular complexity index is 332. The quantitative estimate of drug-likeness (QED) is 0.792. The van der Waals surface area contributed by atoms with Crippen LogP contribution in [0, 0.1) is 5.82 Å². The molecule has 1 aliphatic heterocycles. The molecular formula is C12H15F2N. The van der Waals surface area contributed by atoms with Gasteiger partial charge in [0.05, 0.1) is 6.67 Å². The van der Waals surface area contributed by atoms with E-state index in [9.17, 15) is 8.78 Å². The monoisotopic (exact) mass is 211 g/mol. The third kappa shape index (κ3) is 2.02. The summed E-state index contributed by atoms with van der Waals surface area (Å²) in [4.78, 5) is 0. The van der Waals surface area contributed by atoms with Crippen molar-refractivity contribution in [1.82, 2.24) is 5.32 Å². The lowest BCUT2D eigenvalue weighted by molar-refractivity contribution is 0.236. The highest BCUT2D eigenvalue weighted by molar-refractivity contribution is 5.27. The molecule has 0 aliphatic carbocycles. The normalized spacial score (nSPS) is 20.1. The Kier molecular flexibility index (Phi) is 3.00. The molecule has 1 aromatic rings. The number of hydrogen-bond donors (Lipinski definition) is 1. The highest BCUT2D eigenvalue weighted by Gasteiger charge is 2.34. The molecule has 1 fully saturated rings. The maximum absolute atomic E-state index is 13.2. The Hall–Kier alpha value is -0.960. The molecule has 82 valence electrons. The average molecular weight is 211 g/mol. The molecular weight excluding hydrogens is 196 g/mol. The van der Waals surface area contributed by atoms with Crippen LogP contribution in [0.3, 0.4) is 0 Å². The minimum absolute atomic E-state index is 0.279. The van der Waals surface area contributed by atoms with Crippen molar-refractivity contribution in [2.24, 2.45) is 0 Å². The topological polar surface area (TPSA) is 12.0 Å². The van der Waals surface area contributed by atoms with E-state index in [1.807, 2.05) is 6.07 Å². The maximum atomic E-state index is 13.2. The van der Waals surface area contributed by atoms with Gasteiger partial charge in [0.2, 0.25) is 0 Å². The molecule has 1 heterocycles. The summed E-state index contributed by atoms with van der Waals surface area (Å²) in [6, 6.07) is 6.35. The highest BCUT2D eigenvalue weighted by atomic mass is 19.1. The van der Waals surface area contributed by atoms with Gasteiger partial charge in [-0.15, -0.1) is 0 Å². The molecule has 0 unspecified atom stereocenters. The van der Waals surface area contributed by atoms with Gasteiger partial charge in [-0.25, -0.2) is 4.39 Å². The zero-order valence-electron chi connectivity index (χ0n) is 8.60. The van der Waals surface area contributed by atoms with Gasteiger partial charge in [0.15, 0.2) is 0 Å². The summed E-state index contributed by atoms with van der Waals surface area (Å²) in [6.07, 6.45) is 1.49. The maximum Gasteiger partial charge on any atom is 0.123 e. The predicted molar refractivity (Wildman–Crippen MR) is 56.2 cm³/mol. The second-order valence-corrected chi connectivity index (χ2v) is 4.17. The molecule has 1 aromatic carbocycles. The van der Waals surface area contributed by atoms with Crippen LogP contribution in [0.2, 0.25) is 0 Å². The van der Waals surface area contributed by atoms with Crippen molar-refractivity contribution >= 4 is 0 Å². The molecule has 2 rings (SSSR count). The van der Waals surface area contributed by atoms with Gasteiger partial charge >= 0.3 is 0 Å². The zero-order chi connectivity index (χ0) is 10.7. The van der Waals surface area contributed by atoms with E-state index in [-0.39, 0.29) is 5.82 Å². The molecule has 15 heavy (non-hydrogen) atoms. The van der Waals surface area contributed by atoms with Crippen molar-refractivity contribution in [3.05, 3.63) is 35.6 Å². The Morgan fingerprint density at radius 3 is 2.60 bits per heavy atom. The number of halogens is 2. The van der Waals surface area contributed by atoms with E-state index in [1.54, 1.807) is 6.07 Å². The van der Waals surface area contributed by atoms with Crippen molar-refractivity contribution in [3.63, 3.8) is 0 Å². The molecule has 1 nitrogen and oxygen atoms in total. The smallest absolute Gasteiger partial charge is 0.123 e. The van der Waals surface area contributed by atoms with Crippen molar-refractivity contribution in [1.29, 1.82) is 0 Å². The summed E-state index contributed by atoms with van der Waals surface area (Å²) in [6.45, 7) is 1.21. The van der Waals surface area contributed by atoms with Crippen molar-refractivity contribution in [2.45, 2.75) is 18.3 Å². The fourth-order valence-electron chi connectivity index (χ4n) is 2.22. The molecule has 0 bridgehead atoms. The van der Waals surface area contributed by atoms with Crippen LogP contribution < -0.4 is 5.32 Å². The van der Waals surface area contributed by atoms with Crippen LogP contribution in [0.5, 0.6) is 0 Å². The number of alkyl halides is 1. The molecule has 0 saturated carbocycles. The van der Waals surface area contributed by atoms with E-state index >= 15 is 0 Å². The van der Waals surface area contributed by atoms with Gasteiger partial charge in [-0.05, 0) is 43.6 Å². The molecule has 0 radical (unpaired) electrons. The van der Waals surface area contributed by atoms with Crippen LogP contribution in [-0.4, -0.2) is 19.8 Å². The fourth-order valence-corrected chi connectivity index (χ4v) is 2.22. The Morgan fingerprint density at radius 1 is 1.27 bits per heavy atom. The summed E-state index contributed by atoms with van der Waals surface area (Å²) in [5.74, 6) is -0.279. The van der Waals surface area contributed by atoms with E-state index in [1.165, 1.54) is 12.1 Å². The third-order valence-corrected chi connectivity index (χ3v) is 3.25. The van der Waals surface area contributed by atoms with Crippen molar-refractivity contribution in [2.75, 3.05) is 19.8 Å². The standard InChI is InChI=1S/C12H15F2N/c13-9-12(4-6-15-7-5-12)10-2-1-3-11(14)8-10/h1-3,8,15H,4-7,9H2. The van der Waals surface area contributed by atoms with E-state index in [2.05, 4.69) is 5.32 Å². The van der Waals surface area contributed by atoms with Gasteiger partial charge in [-0.2, -0.15) is 0 Å². The van der Waals surface area contributed by atoms with Gasteiger partial charge in [-0.1, -0.05) is 12.1 Å². The van der Waals surface area contributed by atoms with Crippen LogP contribution in [0.25, 0.3) is 0 Å². The van der Waals surface area contributed by atoms with Gasteiger partial charge in [-0.3, -0.25) is 4.39 Å². The fraction of sp³-hybridized carbons (Fsp3) is 0.500. The summed E-state index contributed by atoms with van der Waals surface area (Å²) in [7, 11) is 0.